The van der Waals surface area contributed by atoms with Crippen LogP contribution in [0.15, 0.2) is 57.9 Å². The Labute approximate surface area is 498 Å². The summed E-state index contributed by atoms with van der Waals surface area (Å²) in [6, 6.07) is 12.4. The highest BCUT2D eigenvalue weighted by atomic mass is 32.2. The third-order valence-corrected chi connectivity index (χ3v) is 13.7. The van der Waals surface area contributed by atoms with Crippen LogP contribution in [0.4, 0.5) is 23.2 Å². The first-order valence-electron chi connectivity index (χ1n) is 28.4. The van der Waals surface area contributed by atoms with E-state index in [1.807, 2.05) is 50.3 Å². The predicted molar refractivity (Wildman–Crippen MR) is 304 cm³/mol. The smallest absolute Gasteiger partial charge is 0.313 e. The van der Waals surface area contributed by atoms with Crippen LogP contribution in [0.1, 0.15) is 61.9 Å². The topological polar surface area (TPSA) is 270 Å². The number of esters is 1. The molecule has 0 bridgehead atoms. The molecule has 2 aliphatic rings. The normalized spacial score (nSPS) is 14.2. The highest BCUT2D eigenvalue weighted by Gasteiger charge is 2.35. The van der Waals surface area contributed by atoms with Crippen molar-refractivity contribution in [2.24, 2.45) is 10.7 Å². The molecule has 478 valence electrons. The van der Waals surface area contributed by atoms with Crippen LogP contribution in [0, 0.1) is 23.3 Å². The summed E-state index contributed by atoms with van der Waals surface area (Å²) in [4.78, 5) is 62.0. The molecular formula is C58H79F4N5O18S. The summed E-state index contributed by atoms with van der Waals surface area (Å²) in [5, 5.41) is 4.27. The van der Waals surface area contributed by atoms with Gasteiger partial charge in [0.25, 0.3) is 11.8 Å². The van der Waals surface area contributed by atoms with Crippen LogP contribution in [0.3, 0.4) is 0 Å². The van der Waals surface area contributed by atoms with Gasteiger partial charge in [-0.2, -0.15) is 8.78 Å². The number of carbonyl (C=O) groups is 4. The Hall–Kier alpha value is -6.02. The minimum absolute atomic E-state index is 0.0415. The van der Waals surface area contributed by atoms with E-state index in [0.717, 1.165) is 23.1 Å². The summed E-state index contributed by atoms with van der Waals surface area (Å²) in [5.74, 6) is -12.1. The number of likely N-dealkylation sites (tertiary alicyclic amines) is 1. The van der Waals surface area contributed by atoms with Crippen molar-refractivity contribution in [1.29, 1.82) is 0 Å². The van der Waals surface area contributed by atoms with E-state index >= 15 is 0 Å². The van der Waals surface area contributed by atoms with Crippen LogP contribution in [0.5, 0.6) is 5.75 Å². The van der Waals surface area contributed by atoms with E-state index in [9.17, 15) is 45.2 Å². The molecule has 0 spiro atoms. The van der Waals surface area contributed by atoms with Crippen molar-refractivity contribution in [3.05, 3.63) is 82.4 Å². The number of nitrogens with one attached hydrogen (secondary N) is 1. The summed E-state index contributed by atoms with van der Waals surface area (Å²) < 4.78 is 138. The molecule has 3 aromatic carbocycles. The highest BCUT2D eigenvalue weighted by molar-refractivity contribution is 7.90. The molecule has 3 amide bonds. The largest absolute Gasteiger partial charge is 0.420 e. The van der Waals surface area contributed by atoms with Crippen LogP contribution in [-0.4, -0.2) is 219 Å². The van der Waals surface area contributed by atoms with Crippen molar-refractivity contribution < 1.29 is 102 Å². The number of ether oxygens (including phenoxy) is 11. The Balaban J connectivity index is 0.766. The van der Waals surface area contributed by atoms with Crippen LogP contribution >= 0.6 is 0 Å². The predicted octanol–water partition coefficient (Wildman–Crippen LogP) is 5.16. The molecular weight excluding hydrogens is 1160 g/mol. The fourth-order valence-electron chi connectivity index (χ4n) is 8.48. The molecule has 3 N–H and O–H groups in total. The Morgan fingerprint density at radius 2 is 1.14 bits per heavy atom. The highest BCUT2D eigenvalue weighted by Crippen LogP contribution is 2.34. The van der Waals surface area contributed by atoms with Crippen LogP contribution in [-0.2, 0) is 76.4 Å². The second kappa shape index (κ2) is 39.0. The maximum Gasteiger partial charge on any atom is 0.313 e. The number of halogens is 4. The van der Waals surface area contributed by atoms with E-state index in [4.69, 9.17) is 57.9 Å². The number of carbonyl (C=O) groups excluding carboxylic acids is 4. The van der Waals surface area contributed by atoms with Gasteiger partial charge in [-0.25, -0.2) is 27.3 Å². The summed E-state index contributed by atoms with van der Waals surface area (Å²) in [6.07, 6.45) is 3.86. The van der Waals surface area contributed by atoms with Gasteiger partial charge in [-0.15, -0.1) is 0 Å². The average molecular weight is 1240 g/mol. The van der Waals surface area contributed by atoms with Gasteiger partial charge in [-0.1, -0.05) is 31.2 Å². The van der Waals surface area contributed by atoms with E-state index in [2.05, 4.69) is 15.0 Å². The van der Waals surface area contributed by atoms with Gasteiger partial charge >= 0.3 is 5.97 Å². The Kier molecular flexibility index (Phi) is 32.1. The van der Waals surface area contributed by atoms with E-state index < -0.39 is 62.2 Å². The van der Waals surface area contributed by atoms with Gasteiger partial charge in [0.15, 0.2) is 21.5 Å². The van der Waals surface area contributed by atoms with Gasteiger partial charge < -0.3 is 68.1 Å². The van der Waals surface area contributed by atoms with Crippen molar-refractivity contribution >= 4 is 51.1 Å². The fourth-order valence-corrected chi connectivity index (χ4v) is 9.31. The molecule has 23 nitrogen and oxygen atoms in total. The lowest BCUT2D eigenvalue weighted by molar-refractivity contribution is -0.180. The van der Waals surface area contributed by atoms with E-state index in [0.29, 0.717) is 160 Å². The maximum absolute atomic E-state index is 14.1. The van der Waals surface area contributed by atoms with Crippen molar-refractivity contribution in [2.45, 2.75) is 56.9 Å². The zero-order chi connectivity index (χ0) is 62.1. The molecule has 0 unspecified atom stereocenters. The Morgan fingerprint density at radius 1 is 0.663 bits per heavy atom. The summed E-state index contributed by atoms with van der Waals surface area (Å²) in [7, 11) is -4.65. The van der Waals surface area contributed by atoms with Gasteiger partial charge in [0, 0.05) is 49.0 Å². The van der Waals surface area contributed by atoms with Crippen LogP contribution in [0.2, 0.25) is 0 Å². The lowest BCUT2D eigenvalue weighted by Crippen LogP contribution is -2.46. The first-order chi connectivity index (χ1) is 41.5. The molecule has 0 aliphatic carbocycles. The SMILES string of the molecule is CCCN(OCC)C(=O)C1=Cc2ccc(-c3ccc(C(=O)N4CCC[C@@H]4C(=O)NCCOCCOCCOCCOCCOCCOCCOCCOCCOCCOCCC(=O)Oc4c(F)c(F)c(S(C)(=O)=O)c(F)c4F)cc3)cc2N=C(N)C1. The number of fused-ring (bicyclic) bond motifs is 1. The Morgan fingerprint density at radius 3 is 1.62 bits per heavy atom. The number of nitrogens with zero attached hydrogens (tertiary/aromatic N) is 3. The van der Waals surface area contributed by atoms with Crippen LogP contribution < -0.4 is 15.8 Å². The molecule has 3 aromatic rings. The lowest BCUT2D eigenvalue weighted by atomic mass is 9.99. The number of aliphatic imine (C=N–C) groups is 1. The molecule has 1 saturated heterocycles. The summed E-state index contributed by atoms with van der Waals surface area (Å²) >= 11 is 0. The Bertz CT molecular complexity index is 2760. The number of nitrogens with two attached hydrogens (primary N) is 1. The quantitative estimate of drug-likeness (QED) is 0.0185. The van der Waals surface area contributed by atoms with Crippen molar-refractivity contribution in [2.75, 3.05) is 165 Å². The van der Waals surface area contributed by atoms with Crippen molar-refractivity contribution in [3.63, 3.8) is 0 Å². The summed E-state index contributed by atoms with van der Waals surface area (Å²) in [6.45, 7) is 11.4. The minimum atomic E-state index is -4.65. The first kappa shape index (κ1) is 70.7. The van der Waals surface area contributed by atoms with Gasteiger partial charge in [0.2, 0.25) is 23.3 Å². The molecule has 86 heavy (non-hydrogen) atoms. The number of hydrogen-bond acceptors (Lipinski definition) is 20. The zero-order valence-electron chi connectivity index (χ0n) is 48.9. The van der Waals surface area contributed by atoms with Gasteiger partial charge in [0.05, 0.1) is 151 Å². The molecule has 2 aliphatic heterocycles. The number of benzene rings is 3. The second-order valence-corrected chi connectivity index (χ2v) is 21.1. The molecule has 2 heterocycles. The number of amidine groups is 1. The minimum Gasteiger partial charge on any atom is -0.420 e. The number of amides is 3. The fraction of sp³-hybridized carbons (Fsp3) is 0.569. The molecule has 28 heteroatoms. The van der Waals surface area contributed by atoms with E-state index in [1.165, 1.54) is 5.06 Å². The third-order valence-electron chi connectivity index (χ3n) is 12.6. The van der Waals surface area contributed by atoms with Crippen LogP contribution in [0.25, 0.3) is 17.2 Å². The second-order valence-electron chi connectivity index (χ2n) is 19.1. The monoisotopic (exact) mass is 1240 g/mol. The number of hydroxylamine groups is 2. The van der Waals surface area contributed by atoms with E-state index in [1.54, 1.807) is 17.0 Å². The molecule has 1 atom stereocenters. The lowest BCUT2D eigenvalue weighted by Gasteiger charge is -2.24. The van der Waals surface area contributed by atoms with Gasteiger partial charge in [-0.3, -0.25) is 24.0 Å². The zero-order valence-corrected chi connectivity index (χ0v) is 49.7. The number of rotatable bonds is 43. The maximum atomic E-state index is 14.1. The third kappa shape index (κ3) is 23.9. The average Bonchev–Trinajstić information content (AvgIpc) is 1.29. The molecule has 5 rings (SSSR count). The molecule has 0 radical (unpaired) electrons. The van der Waals surface area contributed by atoms with Gasteiger partial charge in [-0.05, 0) is 61.6 Å². The van der Waals surface area contributed by atoms with Gasteiger partial charge in [0.1, 0.15) is 16.8 Å². The standard InChI is InChI=1S/C58H79F4N5O18S/c1-4-16-67(84-5-2)58(71)45-38-44-13-12-43(39-46(44)65-48(63)40-45)41-8-10-42(11-9-41)57(70)66-17-6-7-47(66)56(69)64-15-19-75-21-23-77-25-27-79-29-31-81-33-35-83-37-36-82-34-32-80-30-28-78-26-24-76-22-20-74-18-14-49(68)85-54-50(59)52(61)55(86(3,72)73)53(62)51(54)60/h8-13,38-39,47H,4-7,14-37,40H2,1-3H3,(H2,63,65)(H,64,69)/t47-/m1/s1. The molecule has 0 aromatic heterocycles. The molecule has 1 fully saturated rings. The summed E-state index contributed by atoms with van der Waals surface area (Å²) in [5.41, 5.74) is 10.4. The van der Waals surface area contributed by atoms with E-state index in [-0.39, 0.29) is 63.8 Å². The number of hydrogen-bond donors (Lipinski definition) is 2. The molecule has 0 saturated carbocycles. The van der Waals surface area contributed by atoms with Crippen molar-refractivity contribution in [1.82, 2.24) is 15.3 Å². The first-order valence-corrected chi connectivity index (χ1v) is 30.3. The number of sulfone groups is 1. The van der Waals surface area contributed by atoms with Crippen molar-refractivity contribution in [3.8, 4) is 16.9 Å².